The molecule has 1 aliphatic rings. The molecule has 0 spiro atoms. The fourth-order valence-electron chi connectivity index (χ4n) is 4.43. The molecule has 0 radical (unpaired) electrons. The molecule has 1 aliphatic heterocycles. The highest BCUT2D eigenvalue weighted by molar-refractivity contribution is 7.89. The van der Waals surface area contributed by atoms with E-state index < -0.39 is 22.0 Å². The monoisotopic (exact) mass is 529 g/mol. The van der Waals surface area contributed by atoms with E-state index in [9.17, 15) is 13.2 Å². The van der Waals surface area contributed by atoms with Gasteiger partial charge in [0.25, 0.3) is 0 Å². The summed E-state index contributed by atoms with van der Waals surface area (Å²) in [7, 11) is -3.84. The SMILES string of the molecule is Cc1cc(C)c2nc(-n3nc(C)cc3NC(=O)C3CCCN3S(=O)(=O)c3ccc(Cl)cc3)sc2c1. The Morgan fingerprint density at radius 2 is 1.89 bits per heavy atom. The van der Waals surface area contributed by atoms with E-state index in [0.29, 0.717) is 34.5 Å². The van der Waals surface area contributed by atoms with Gasteiger partial charge in [0, 0.05) is 17.6 Å². The minimum atomic E-state index is -3.84. The third-order valence-electron chi connectivity index (χ3n) is 6.01. The maximum Gasteiger partial charge on any atom is 0.243 e. The second-order valence-corrected chi connectivity index (χ2v) is 12.1. The zero-order valence-corrected chi connectivity index (χ0v) is 21.8. The number of thiazole rings is 1. The number of anilines is 1. The fraction of sp³-hybridized carbons (Fsp3) is 0.292. The van der Waals surface area contributed by atoms with Crippen LogP contribution in [0.5, 0.6) is 0 Å². The van der Waals surface area contributed by atoms with Gasteiger partial charge in [-0.15, -0.1) is 0 Å². The molecule has 1 amide bonds. The van der Waals surface area contributed by atoms with Crippen molar-refractivity contribution in [1.82, 2.24) is 19.1 Å². The Morgan fingerprint density at radius 3 is 2.63 bits per heavy atom. The summed E-state index contributed by atoms with van der Waals surface area (Å²) in [5.41, 5.74) is 3.84. The normalized spacial score (nSPS) is 16.7. The summed E-state index contributed by atoms with van der Waals surface area (Å²) in [6.45, 7) is 6.17. The molecule has 11 heteroatoms. The Balaban J connectivity index is 1.44. The summed E-state index contributed by atoms with van der Waals surface area (Å²) in [5, 5.41) is 8.52. The van der Waals surface area contributed by atoms with Gasteiger partial charge in [-0.05, 0) is 75.1 Å². The second kappa shape index (κ2) is 9.02. The molecule has 4 aromatic rings. The second-order valence-electron chi connectivity index (χ2n) is 8.72. The van der Waals surface area contributed by atoms with Crippen LogP contribution in [-0.2, 0) is 14.8 Å². The standard InChI is InChI=1S/C24H24ClN5O3S2/c1-14-11-15(2)22-20(12-14)34-24(27-22)30-21(13-16(3)28-30)26-23(31)19-5-4-10-29(19)35(32,33)18-8-6-17(25)7-9-18/h6-9,11-13,19H,4-5,10H2,1-3H3,(H,26,31). The Bertz CT molecular complexity index is 1540. The first-order valence-corrected chi connectivity index (χ1v) is 13.8. The van der Waals surface area contributed by atoms with Gasteiger partial charge in [0.2, 0.25) is 21.1 Å². The number of aryl methyl sites for hydroxylation is 3. The van der Waals surface area contributed by atoms with Crippen molar-refractivity contribution in [2.45, 2.75) is 44.6 Å². The fourth-order valence-corrected chi connectivity index (χ4v) is 7.31. The van der Waals surface area contributed by atoms with E-state index in [1.165, 1.54) is 39.9 Å². The highest BCUT2D eigenvalue weighted by Crippen LogP contribution is 2.31. The average Bonchev–Trinajstić information content (AvgIpc) is 3.52. The molecular formula is C24H24ClN5O3S2. The van der Waals surface area contributed by atoms with Gasteiger partial charge < -0.3 is 5.32 Å². The van der Waals surface area contributed by atoms with Crippen LogP contribution in [0.2, 0.25) is 5.02 Å². The van der Waals surface area contributed by atoms with Gasteiger partial charge in [-0.3, -0.25) is 4.79 Å². The molecule has 182 valence electrons. The Hall–Kier alpha value is -2.79. The third-order valence-corrected chi connectivity index (χ3v) is 9.16. The van der Waals surface area contributed by atoms with Crippen molar-refractivity contribution >= 4 is 54.9 Å². The molecule has 1 atom stereocenters. The number of fused-ring (bicyclic) bond motifs is 1. The number of carbonyl (C=O) groups is 1. The number of hydrogen-bond donors (Lipinski definition) is 1. The largest absolute Gasteiger partial charge is 0.309 e. The first-order valence-electron chi connectivity index (χ1n) is 11.2. The van der Waals surface area contributed by atoms with Crippen LogP contribution in [0.15, 0.2) is 47.4 Å². The highest BCUT2D eigenvalue weighted by Gasteiger charge is 2.39. The highest BCUT2D eigenvalue weighted by atomic mass is 35.5. The molecule has 2 aromatic carbocycles. The summed E-state index contributed by atoms with van der Waals surface area (Å²) in [6.07, 6.45) is 1.03. The van der Waals surface area contributed by atoms with Gasteiger partial charge in [0.1, 0.15) is 11.9 Å². The lowest BCUT2D eigenvalue weighted by molar-refractivity contribution is -0.119. The van der Waals surface area contributed by atoms with E-state index in [4.69, 9.17) is 16.6 Å². The zero-order valence-electron chi connectivity index (χ0n) is 19.4. The average molecular weight is 530 g/mol. The van der Waals surface area contributed by atoms with Gasteiger partial charge in [-0.1, -0.05) is 29.0 Å². The number of benzene rings is 2. The Labute approximate surface area is 212 Å². The number of hydrogen-bond acceptors (Lipinski definition) is 6. The molecule has 3 heterocycles. The molecule has 0 saturated carbocycles. The van der Waals surface area contributed by atoms with Crippen molar-refractivity contribution in [1.29, 1.82) is 0 Å². The number of rotatable bonds is 5. The van der Waals surface area contributed by atoms with E-state index in [1.54, 1.807) is 10.7 Å². The molecule has 1 unspecified atom stereocenters. The number of halogens is 1. The van der Waals surface area contributed by atoms with Crippen LogP contribution in [0.3, 0.4) is 0 Å². The van der Waals surface area contributed by atoms with Crippen LogP contribution in [0, 0.1) is 20.8 Å². The maximum atomic E-state index is 13.3. The number of aromatic nitrogens is 3. The lowest BCUT2D eigenvalue weighted by Gasteiger charge is -2.23. The van der Waals surface area contributed by atoms with Crippen LogP contribution >= 0.6 is 22.9 Å². The van der Waals surface area contributed by atoms with Gasteiger partial charge in [-0.25, -0.2) is 13.4 Å². The molecule has 1 fully saturated rings. The smallest absolute Gasteiger partial charge is 0.243 e. The molecule has 1 saturated heterocycles. The Morgan fingerprint density at radius 1 is 1.14 bits per heavy atom. The summed E-state index contributed by atoms with van der Waals surface area (Å²) in [6, 6.07) is 11.1. The number of sulfonamides is 1. The number of amides is 1. The Kier molecular flexibility index (Phi) is 6.16. The van der Waals surface area contributed by atoms with Crippen molar-refractivity contribution in [3.05, 3.63) is 64.3 Å². The topological polar surface area (TPSA) is 97.2 Å². The molecule has 8 nitrogen and oxygen atoms in total. The van der Waals surface area contributed by atoms with Crippen molar-refractivity contribution in [3.63, 3.8) is 0 Å². The van der Waals surface area contributed by atoms with Crippen LogP contribution in [0.4, 0.5) is 5.82 Å². The van der Waals surface area contributed by atoms with E-state index in [2.05, 4.69) is 22.5 Å². The lowest BCUT2D eigenvalue weighted by Crippen LogP contribution is -2.43. The minimum Gasteiger partial charge on any atom is -0.309 e. The van der Waals surface area contributed by atoms with E-state index in [1.807, 2.05) is 20.8 Å². The minimum absolute atomic E-state index is 0.114. The summed E-state index contributed by atoms with van der Waals surface area (Å²) in [5.74, 6) is 0.0611. The number of nitrogens with one attached hydrogen (secondary N) is 1. The summed E-state index contributed by atoms with van der Waals surface area (Å²) < 4.78 is 30.4. The molecule has 0 aliphatic carbocycles. The molecule has 5 rings (SSSR count). The first kappa shape index (κ1) is 23.9. The van der Waals surface area contributed by atoms with E-state index >= 15 is 0 Å². The molecule has 1 N–H and O–H groups in total. The van der Waals surface area contributed by atoms with Crippen molar-refractivity contribution in [3.8, 4) is 5.13 Å². The predicted octanol–water partition coefficient (Wildman–Crippen LogP) is 4.85. The predicted molar refractivity (Wildman–Crippen MR) is 138 cm³/mol. The van der Waals surface area contributed by atoms with Gasteiger partial charge in [0.15, 0.2) is 0 Å². The number of carbonyl (C=O) groups excluding carboxylic acids is 1. The van der Waals surface area contributed by atoms with E-state index in [0.717, 1.165) is 21.3 Å². The third kappa shape index (κ3) is 4.47. The van der Waals surface area contributed by atoms with Crippen LogP contribution < -0.4 is 5.32 Å². The van der Waals surface area contributed by atoms with Crippen molar-refractivity contribution < 1.29 is 13.2 Å². The first-order chi connectivity index (χ1) is 16.6. The van der Waals surface area contributed by atoms with Gasteiger partial charge >= 0.3 is 0 Å². The molecule has 2 aromatic heterocycles. The zero-order chi connectivity index (χ0) is 24.9. The van der Waals surface area contributed by atoms with Crippen molar-refractivity contribution in [2.24, 2.45) is 0 Å². The van der Waals surface area contributed by atoms with Gasteiger partial charge in [-0.2, -0.15) is 14.1 Å². The summed E-state index contributed by atoms with van der Waals surface area (Å²) in [4.78, 5) is 18.2. The lowest BCUT2D eigenvalue weighted by atomic mass is 10.1. The number of nitrogens with zero attached hydrogens (tertiary/aromatic N) is 4. The van der Waals surface area contributed by atoms with E-state index in [-0.39, 0.29) is 11.4 Å². The maximum absolute atomic E-state index is 13.3. The molecular weight excluding hydrogens is 506 g/mol. The van der Waals surface area contributed by atoms with Crippen LogP contribution in [-0.4, -0.2) is 46.0 Å². The van der Waals surface area contributed by atoms with Gasteiger partial charge in [0.05, 0.1) is 20.8 Å². The van der Waals surface area contributed by atoms with Crippen LogP contribution in [0.25, 0.3) is 15.3 Å². The molecule has 0 bridgehead atoms. The summed E-state index contributed by atoms with van der Waals surface area (Å²) >= 11 is 7.40. The van der Waals surface area contributed by atoms with Crippen LogP contribution in [0.1, 0.15) is 29.7 Å². The molecule has 35 heavy (non-hydrogen) atoms. The van der Waals surface area contributed by atoms with Crippen molar-refractivity contribution in [2.75, 3.05) is 11.9 Å². The quantitative estimate of drug-likeness (QED) is 0.398.